The highest BCUT2D eigenvalue weighted by Gasteiger charge is 1.92. The maximum absolute atomic E-state index is 10.2. The number of carbonyl (C=O) groups excluding carboxylic acids is 1. The molecule has 0 aliphatic heterocycles. The Morgan fingerprint density at radius 3 is 2.45 bits per heavy atom. The third-order valence-corrected chi connectivity index (χ3v) is 1.68. The molecule has 0 heterocycles. The summed E-state index contributed by atoms with van der Waals surface area (Å²) >= 11 is 5.07. The third kappa shape index (κ3) is 9.76. The van der Waals surface area contributed by atoms with Gasteiger partial charge in [-0.2, -0.15) is 0 Å². The Balaban J connectivity index is 2.85. The maximum Gasteiger partial charge on any atom is 0.313 e. The second-order valence-electron chi connectivity index (χ2n) is 2.61. The van der Waals surface area contributed by atoms with E-state index in [-0.39, 0.29) is 0 Å². The highest BCUT2D eigenvalue weighted by Crippen LogP contribution is 2.01. The Morgan fingerprint density at radius 2 is 1.91 bits per heavy atom. The second-order valence-corrected chi connectivity index (χ2v) is 2.96. The number of rotatable bonds is 6. The van der Waals surface area contributed by atoms with Crippen molar-refractivity contribution < 1.29 is 4.79 Å². The van der Waals surface area contributed by atoms with E-state index in [1.54, 1.807) is 0 Å². The number of halogens is 1. The lowest BCUT2D eigenvalue weighted by Crippen LogP contribution is -2.17. The molecule has 0 atom stereocenters. The van der Waals surface area contributed by atoms with Crippen LogP contribution in [0.3, 0.4) is 0 Å². The summed E-state index contributed by atoms with van der Waals surface area (Å²) in [5, 5.41) is 2.10. The SMILES string of the molecule is CCCCCCCNC(=O)Cl. The van der Waals surface area contributed by atoms with Gasteiger partial charge in [0.1, 0.15) is 0 Å². The Labute approximate surface area is 73.3 Å². The van der Waals surface area contributed by atoms with Gasteiger partial charge in [0.2, 0.25) is 0 Å². The first-order chi connectivity index (χ1) is 5.27. The van der Waals surface area contributed by atoms with Crippen LogP contribution in [0.1, 0.15) is 39.0 Å². The van der Waals surface area contributed by atoms with Gasteiger partial charge in [-0.15, -0.1) is 0 Å². The van der Waals surface area contributed by atoms with Gasteiger partial charge in [0.15, 0.2) is 0 Å². The van der Waals surface area contributed by atoms with Crippen LogP contribution in [-0.2, 0) is 0 Å². The van der Waals surface area contributed by atoms with E-state index in [0.717, 1.165) is 6.42 Å². The molecule has 11 heavy (non-hydrogen) atoms. The fourth-order valence-electron chi connectivity index (χ4n) is 0.915. The number of hydrogen-bond donors (Lipinski definition) is 1. The summed E-state index contributed by atoms with van der Waals surface area (Å²) in [5.41, 5.74) is 0. The molecule has 0 bridgehead atoms. The maximum atomic E-state index is 10.2. The molecule has 3 heteroatoms. The topological polar surface area (TPSA) is 29.1 Å². The molecular formula is C8H16ClNO. The van der Waals surface area contributed by atoms with Crippen molar-refractivity contribution in [1.29, 1.82) is 0 Å². The molecule has 66 valence electrons. The second kappa shape index (κ2) is 7.86. The van der Waals surface area contributed by atoms with E-state index < -0.39 is 5.37 Å². The fourth-order valence-corrected chi connectivity index (χ4v) is 1.01. The Kier molecular flexibility index (Phi) is 7.69. The lowest BCUT2D eigenvalue weighted by atomic mass is 10.1. The standard InChI is InChI=1S/C8H16ClNO/c1-2-3-4-5-6-7-10-8(9)11/h2-7H2,1H3,(H,10,11). The zero-order valence-electron chi connectivity index (χ0n) is 7.03. The van der Waals surface area contributed by atoms with Crippen LogP contribution in [0.5, 0.6) is 0 Å². The van der Waals surface area contributed by atoms with Crippen LogP contribution in [-0.4, -0.2) is 11.9 Å². The largest absolute Gasteiger partial charge is 0.343 e. The van der Waals surface area contributed by atoms with E-state index in [9.17, 15) is 4.79 Å². The number of carbonyl (C=O) groups is 1. The van der Waals surface area contributed by atoms with E-state index in [0.29, 0.717) is 6.54 Å². The summed E-state index contributed by atoms with van der Waals surface area (Å²) in [6.07, 6.45) is 6.02. The third-order valence-electron chi connectivity index (χ3n) is 1.54. The van der Waals surface area contributed by atoms with Gasteiger partial charge in [-0.05, 0) is 18.0 Å². The van der Waals surface area contributed by atoms with Gasteiger partial charge in [0.05, 0.1) is 0 Å². The summed E-state index contributed by atoms with van der Waals surface area (Å²) in [6.45, 7) is 2.90. The van der Waals surface area contributed by atoms with E-state index in [2.05, 4.69) is 12.2 Å². The molecule has 0 aromatic rings. The first-order valence-corrected chi connectivity index (χ1v) is 4.58. The van der Waals surface area contributed by atoms with Crippen molar-refractivity contribution in [3.63, 3.8) is 0 Å². The minimum Gasteiger partial charge on any atom is -0.343 e. The summed E-state index contributed by atoms with van der Waals surface area (Å²) in [4.78, 5) is 10.2. The summed E-state index contributed by atoms with van der Waals surface area (Å²) in [6, 6.07) is 0. The van der Waals surface area contributed by atoms with Crippen molar-refractivity contribution >= 4 is 17.0 Å². The molecule has 1 amide bonds. The predicted octanol–water partition coefficient (Wildman–Crippen LogP) is 2.91. The Morgan fingerprint density at radius 1 is 1.27 bits per heavy atom. The van der Waals surface area contributed by atoms with Gasteiger partial charge >= 0.3 is 5.37 Å². The van der Waals surface area contributed by atoms with Crippen LogP contribution in [0, 0.1) is 0 Å². The highest BCUT2D eigenvalue weighted by molar-refractivity contribution is 6.62. The molecule has 0 fully saturated rings. The lowest BCUT2D eigenvalue weighted by molar-refractivity contribution is 0.259. The summed E-state index contributed by atoms with van der Waals surface area (Å²) in [5.74, 6) is 0. The van der Waals surface area contributed by atoms with E-state index in [1.807, 2.05) is 0 Å². The average molecular weight is 178 g/mol. The minimum absolute atomic E-state index is 0.444. The molecule has 0 rings (SSSR count). The normalized spacial score (nSPS) is 9.64. The zero-order chi connectivity index (χ0) is 8.53. The molecule has 0 unspecified atom stereocenters. The molecule has 0 saturated carbocycles. The van der Waals surface area contributed by atoms with Crippen LogP contribution in [0.2, 0.25) is 0 Å². The van der Waals surface area contributed by atoms with E-state index >= 15 is 0 Å². The molecule has 2 nitrogen and oxygen atoms in total. The summed E-state index contributed by atoms with van der Waals surface area (Å²) < 4.78 is 0. The molecule has 0 aliphatic rings. The monoisotopic (exact) mass is 177 g/mol. The van der Waals surface area contributed by atoms with Crippen molar-refractivity contribution in [2.75, 3.05) is 6.54 Å². The van der Waals surface area contributed by atoms with Crippen LogP contribution >= 0.6 is 11.6 Å². The molecule has 0 spiro atoms. The molecule has 0 radical (unpaired) electrons. The fraction of sp³-hybridized carbons (Fsp3) is 0.875. The van der Waals surface area contributed by atoms with Crippen LogP contribution in [0.15, 0.2) is 0 Å². The highest BCUT2D eigenvalue weighted by atomic mass is 35.5. The van der Waals surface area contributed by atoms with Crippen molar-refractivity contribution in [1.82, 2.24) is 5.32 Å². The van der Waals surface area contributed by atoms with Crippen molar-refractivity contribution in [2.24, 2.45) is 0 Å². The summed E-state index contributed by atoms with van der Waals surface area (Å²) in [7, 11) is 0. The molecule has 0 aromatic heterocycles. The Bertz CT molecular complexity index is 106. The number of hydrogen-bond acceptors (Lipinski definition) is 1. The molecule has 1 N–H and O–H groups in total. The van der Waals surface area contributed by atoms with Crippen LogP contribution < -0.4 is 5.32 Å². The quantitative estimate of drug-likeness (QED) is 0.377. The molecule has 0 saturated heterocycles. The Hall–Kier alpha value is -0.240. The van der Waals surface area contributed by atoms with Gasteiger partial charge in [-0.1, -0.05) is 32.6 Å². The van der Waals surface area contributed by atoms with Crippen molar-refractivity contribution in [3.8, 4) is 0 Å². The van der Waals surface area contributed by atoms with Crippen molar-refractivity contribution in [3.05, 3.63) is 0 Å². The number of amides is 1. The first-order valence-electron chi connectivity index (χ1n) is 4.20. The smallest absolute Gasteiger partial charge is 0.313 e. The molecule has 0 aliphatic carbocycles. The van der Waals surface area contributed by atoms with Crippen LogP contribution in [0.25, 0.3) is 0 Å². The van der Waals surface area contributed by atoms with Gasteiger partial charge in [0, 0.05) is 6.54 Å². The van der Waals surface area contributed by atoms with Crippen LogP contribution in [0.4, 0.5) is 4.79 Å². The number of unbranched alkanes of at least 4 members (excludes halogenated alkanes) is 4. The zero-order valence-corrected chi connectivity index (χ0v) is 7.78. The predicted molar refractivity (Wildman–Crippen MR) is 48.0 cm³/mol. The van der Waals surface area contributed by atoms with E-state index in [4.69, 9.17) is 11.6 Å². The minimum atomic E-state index is -0.444. The van der Waals surface area contributed by atoms with Gasteiger partial charge < -0.3 is 5.32 Å². The first kappa shape index (κ1) is 10.8. The number of nitrogens with one attached hydrogen (secondary N) is 1. The van der Waals surface area contributed by atoms with Gasteiger partial charge in [0.25, 0.3) is 0 Å². The lowest BCUT2D eigenvalue weighted by Gasteiger charge is -1.99. The van der Waals surface area contributed by atoms with Crippen molar-refractivity contribution in [2.45, 2.75) is 39.0 Å². The molecule has 0 aromatic carbocycles. The average Bonchev–Trinajstić information content (AvgIpc) is 1.96. The van der Waals surface area contributed by atoms with Gasteiger partial charge in [-0.3, -0.25) is 4.79 Å². The van der Waals surface area contributed by atoms with Gasteiger partial charge in [-0.25, -0.2) is 0 Å². The molecular weight excluding hydrogens is 162 g/mol. The van der Waals surface area contributed by atoms with E-state index in [1.165, 1.54) is 25.7 Å².